The fourth-order valence-corrected chi connectivity index (χ4v) is 2.09. The second-order valence-corrected chi connectivity index (χ2v) is 5.13. The van der Waals surface area contributed by atoms with E-state index in [0.717, 1.165) is 10.0 Å². The zero-order valence-electron chi connectivity index (χ0n) is 10.7. The monoisotopic (exact) mass is 330 g/mol. The van der Waals surface area contributed by atoms with Crippen molar-refractivity contribution in [3.63, 3.8) is 0 Å². The minimum Gasteiger partial charge on any atom is -0.468 e. The van der Waals surface area contributed by atoms with Gasteiger partial charge in [-0.05, 0) is 24.6 Å². The first kappa shape index (κ1) is 12.9. The van der Waals surface area contributed by atoms with Gasteiger partial charge in [0, 0.05) is 16.9 Å². The summed E-state index contributed by atoms with van der Waals surface area (Å²) in [5, 5.41) is 0. The Hall–Kier alpha value is -2.08. The second kappa shape index (κ2) is 5.50. The van der Waals surface area contributed by atoms with Crippen LogP contribution in [0.15, 0.2) is 47.5 Å². The summed E-state index contributed by atoms with van der Waals surface area (Å²) in [6, 6.07) is 7.97. The summed E-state index contributed by atoms with van der Waals surface area (Å²) in [6.07, 6.45) is 4.49. The number of hydrogen-bond donors (Lipinski definition) is 0. The molecule has 20 heavy (non-hydrogen) atoms. The molecule has 1 atom stereocenters. The molecule has 0 fully saturated rings. The van der Waals surface area contributed by atoms with Crippen LogP contribution in [-0.2, 0) is 0 Å². The highest BCUT2D eigenvalue weighted by Gasteiger charge is 2.12. The molecule has 5 nitrogen and oxygen atoms in total. The van der Waals surface area contributed by atoms with Gasteiger partial charge in [0.1, 0.15) is 12.4 Å². The van der Waals surface area contributed by atoms with Crippen LogP contribution in [0.4, 0.5) is 0 Å². The normalized spacial score (nSPS) is 12.3. The molecule has 6 heteroatoms. The van der Waals surface area contributed by atoms with E-state index in [2.05, 4.69) is 35.9 Å². The molecule has 2 aromatic heterocycles. The van der Waals surface area contributed by atoms with Gasteiger partial charge in [0.25, 0.3) is 0 Å². The fourth-order valence-electron chi connectivity index (χ4n) is 1.83. The Morgan fingerprint density at radius 1 is 1.00 bits per heavy atom. The number of aromatic nitrogens is 4. The van der Waals surface area contributed by atoms with Crippen LogP contribution in [-0.4, -0.2) is 19.9 Å². The van der Waals surface area contributed by atoms with Crippen LogP contribution in [0.2, 0.25) is 0 Å². The summed E-state index contributed by atoms with van der Waals surface area (Å²) in [4.78, 5) is 16.6. The number of hydrogen-bond acceptors (Lipinski definition) is 5. The van der Waals surface area contributed by atoms with Crippen LogP contribution >= 0.6 is 15.9 Å². The first-order valence-electron chi connectivity index (χ1n) is 6.08. The zero-order valence-corrected chi connectivity index (χ0v) is 12.3. The first-order chi connectivity index (χ1) is 9.74. The number of rotatable bonds is 3. The lowest BCUT2D eigenvalue weighted by Crippen LogP contribution is -2.05. The number of halogens is 1. The van der Waals surface area contributed by atoms with Gasteiger partial charge in [0.2, 0.25) is 5.88 Å². The standard InChI is InChI=1S/C14H11BrN4O/c1-9(10-2-4-11(15)5-3-10)20-14-12-13(18-8-19-14)17-7-6-16-12/h2-9H,1H3. The van der Waals surface area contributed by atoms with Crippen molar-refractivity contribution in [1.82, 2.24) is 19.9 Å². The average Bonchev–Trinajstić information content (AvgIpc) is 2.48. The van der Waals surface area contributed by atoms with Crippen LogP contribution < -0.4 is 4.74 Å². The molecular weight excluding hydrogens is 320 g/mol. The molecule has 0 saturated heterocycles. The van der Waals surface area contributed by atoms with Crippen molar-refractivity contribution < 1.29 is 4.74 Å². The quantitative estimate of drug-likeness (QED) is 0.737. The summed E-state index contributed by atoms with van der Waals surface area (Å²) < 4.78 is 6.92. The van der Waals surface area contributed by atoms with E-state index in [4.69, 9.17) is 4.74 Å². The zero-order chi connectivity index (χ0) is 13.9. The predicted octanol–water partition coefficient (Wildman–Crippen LogP) is 3.32. The molecule has 0 N–H and O–H groups in total. The third kappa shape index (κ3) is 2.60. The topological polar surface area (TPSA) is 60.8 Å². The number of fused-ring (bicyclic) bond motifs is 1. The lowest BCUT2D eigenvalue weighted by atomic mass is 10.1. The molecule has 2 heterocycles. The maximum atomic E-state index is 5.88. The highest BCUT2D eigenvalue weighted by molar-refractivity contribution is 9.10. The Labute approximate surface area is 124 Å². The van der Waals surface area contributed by atoms with E-state index in [-0.39, 0.29) is 6.10 Å². The SMILES string of the molecule is CC(Oc1ncnc2nccnc12)c1ccc(Br)cc1. The molecule has 0 radical (unpaired) electrons. The molecule has 0 aliphatic carbocycles. The van der Waals surface area contributed by atoms with Gasteiger partial charge in [-0.25, -0.2) is 15.0 Å². The molecule has 1 unspecified atom stereocenters. The molecule has 0 aliphatic rings. The Bertz CT molecular complexity index is 727. The van der Waals surface area contributed by atoms with Crippen molar-refractivity contribution >= 4 is 27.1 Å². The molecule has 0 aliphatic heterocycles. The lowest BCUT2D eigenvalue weighted by molar-refractivity contribution is 0.220. The van der Waals surface area contributed by atoms with E-state index in [0.29, 0.717) is 17.0 Å². The first-order valence-corrected chi connectivity index (χ1v) is 6.87. The molecule has 0 saturated carbocycles. The summed E-state index contributed by atoms with van der Waals surface area (Å²) in [6.45, 7) is 1.97. The van der Waals surface area contributed by atoms with E-state index in [1.54, 1.807) is 12.4 Å². The number of benzene rings is 1. The summed E-state index contributed by atoms with van der Waals surface area (Å²) >= 11 is 3.41. The summed E-state index contributed by atoms with van der Waals surface area (Å²) in [5.41, 5.74) is 2.16. The van der Waals surface area contributed by atoms with Gasteiger partial charge < -0.3 is 4.74 Å². The van der Waals surface area contributed by atoms with E-state index in [9.17, 15) is 0 Å². The summed E-state index contributed by atoms with van der Waals surface area (Å²) in [7, 11) is 0. The van der Waals surface area contributed by atoms with Gasteiger partial charge in [0.15, 0.2) is 11.2 Å². The maximum Gasteiger partial charge on any atom is 0.246 e. The van der Waals surface area contributed by atoms with Gasteiger partial charge in [0.05, 0.1) is 0 Å². The second-order valence-electron chi connectivity index (χ2n) is 4.22. The van der Waals surface area contributed by atoms with Crippen molar-refractivity contribution in [2.75, 3.05) is 0 Å². The molecule has 0 amide bonds. The molecular formula is C14H11BrN4O. The van der Waals surface area contributed by atoms with Crippen LogP contribution in [0.3, 0.4) is 0 Å². The highest BCUT2D eigenvalue weighted by Crippen LogP contribution is 2.24. The molecule has 1 aromatic carbocycles. The Morgan fingerprint density at radius 3 is 2.55 bits per heavy atom. The minimum atomic E-state index is -0.136. The van der Waals surface area contributed by atoms with Crippen LogP contribution in [0.1, 0.15) is 18.6 Å². The molecule has 3 rings (SSSR count). The third-order valence-corrected chi connectivity index (χ3v) is 3.39. The largest absolute Gasteiger partial charge is 0.468 e. The van der Waals surface area contributed by atoms with Crippen LogP contribution in [0, 0.1) is 0 Å². The van der Waals surface area contributed by atoms with E-state index in [1.165, 1.54) is 6.33 Å². The molecule has 0 spiro atoms. The van der Waals surface area contributed by atoms with Gasteiger partial charge in [-0.15, -0.1) is 0 Å². The average molecular weight is 331 g/mol. The van der Waals surface area contributed by atoms with Crippen molar-refractivity contribution in [3.05, 3.63) is 53.0 Å². The van der Waals surface area contributed by atoms with Gasteiger partial charge in [-0.1, -0.05) is 28.1 Å². The molecule has 100 valence electrons. The van der Waals surface area contributed by atoms with Crippen LogP contribution in [0.25, 0.3) is 11.2 Å². The van der Waals surface area contributed by atoms with Gasteiger partial charge in [-0.2, -0.15) is 4.98 Å². The smallest absolute Gasteiger partial charge is 0.246 e. The van der Waals surface area contributed by atoms with Crippen molar-refractivity contribution in [2.24, 2.45) is 0 Å². The van der Waals surface area contributed by atoms with Crippen molar-refractivity contribution in [1.29, 1.82) is 0 Å². The van der Waals surface area contributed by atoms with Crippen molar-refractivity contribution in [3.8, 4) is 5.88 Å². The predicted molar refractivity (Wildman–Crippen MR) is 78.3 cm³/mol. The Morgan fingerprint density at radius 2 is 1.75 bits per heavy atom. The molecule has 3 aromatic rings. The van der Waals surface area contributed by atoms with Gasteiger partial charge in [-0.3, -0.25) is 0 Å². The third-order valence-electron chi connectivity index (χ3n) is 2.86. The van der Waals surface area contributed by atoms with Crippen molar-refractivity contribution in [2.45, 2.75) is 13.0 Å². The van der Waals surface area contributed by atoms with E-state index in [1.807, 2.05) is 31.2 Å². The number of nitrogens with zero attached hydrogens (tertiary/aromatic N) is 4. The Balaban J connectivity index is 1.91. The Kier molecular flexibility index (Phi) is 3.56. The lowest BCUT2D eigenvalue weighted by Gasteiger charge is -2.14. The highest BCUT2D eigenvalue weighted by atomic mass is 79.9. The van der Waals surface area contributed by atoms with E-state index < -0.39 is 0 Å². The summed E-state index contributed by atoms with van der Waals surface area (Å²) in [5.74, 6) is 0.443. The van der Waals surface area contributed by atoms with Gasteiger partial charge >= 0.3 is 0 Å². The van der Waals surface area contributed by atoms with E-state index >= 15 is 0 Å². The fraction of sp³-hybridized carbons (Fsp3) is 0.143. The molecule has 0 bridgehead atoms. The maximum absolute atomic E-state index is 5.88. The minimum absolute atomic E-state index is 0.136. The van der Waals surface area contributed by atoms with Crippen LogP contribution in [0.5, 0.6) is 5.88 Å². The number of ether oxygens (including phenoxy) is 1.